The molecule has 1 aromatic carbocycles. The van der Waals surface area contributed by atoms with E-state index < -0.39 is 0 Å². The molecule has 21 heavy (non-hydrogen) atoms. The van der Waals surface area contributed by atoms with Crippen LogP contribution in [0.15, 0.2) is 24.3 Å². The molecule has 1 aliphatic carbocycles. The van der Waals surface area contributed by atoms with E-state index in [9.17, 15) is 4.79 Å². The van der Waals surface area contributed by atoms with Crippen molar-refractivity contribution in [1.82, 2.24) is 20.1 Å². The lowest BCUT2D eigenvalue weighted by Crippen LogP contribution is -2.29. The molecule has 1 aromatic heterocycles. The van der Waals surface area contributed by atoms with E-state index in [2.05, 4.69) is 15.5 Å². The zero-order chi connectivity index (χ0) is 14.8. The molecule has 1 aliphatic rings. The van der Waals surface area contributed by atoms with Crippen LogP contribution < -0.4 is 5.32 Å². The lowest BCUT2D eigenvalue weighted by molar-refractivity contribution is -0.121. The van der Waals surface area contributed by atoms with Gasteiger partial charge in [0.15, 0.2) is 10.6 Å². The molecule has 5 nitrogen and oxygen atoms in total. The van der Waals surface area contributed by atoms with Crippen LogP contribution in [0.5, 0.6) is 0 Å². The van der Waals surface area contributed by atoms with Gasteiger partial charge in [0, 0.05) is 12.1 Å². The minimum atomic E-state index is -0.0206. The third-order valence-electron chi connectivity index (χ3n) is 3.65. The topological polar surface area (TPSA) is 62.7 Å². The summed E-state index contributed by atoms with van der Waals surface area (Å²) < 4.78 is 2.20. The van der Waals surface area contributed by atoms with E-state index in [1.54, 1.807) is 4.57 Å². The molecule has 1 fully saturated rings. The van der Waals surface area contributed by atoms with Crippen molar-refractivity contribution in [1.29, 1.82) is 0 Å². The van der Waals surface area contributed by atoms with E-state index in [0.29, 0.717) is 16.5 Å². The number of rotatable bonds is 5. The maximum atomic E-state index is 12.0. The Kier molecular flexibility index (Phi) is 3.88. The summed E-state index contributed by atoms with van der Waals surface area (Å²) in [7, 11) is 0. The summed E-state index contributed by atoms with van der Waals surface area (Å²) in [4.78, 5) is 12.0. The number of aromatic amines is 1. The van der Waals surface area contributed by atoms with Crippen molar-refractivity contribution in [3.8, 4) is 11.4 Å². The van der Waals surface area contributed by atoms with Crippen LogP contribution in [0.25, 0.3) is 11.4 Å². The van der Waals surface area contributed by atoms with Gasteiger partial charge < -0.3 is 5.32 Å². The Morgan fingerprint density at radius 1 is 1.43 bits per heavy atom. The minimum absolute atomic E-state index is 0.0206. The zero-order valence-electron chi connectivity index (χ0n) is 11.9. The molecule has 3 rings (SSSR count). The predicted molar refractivity (Wildman–Crippen MR) is 83.3 cm³/mol. The maximum Gasteiger partial charge on any atom is 0.240 e. The van der Waals surface area contributed by atoms with Gasteiger partial charge in [-0.15, -0.1) is 0 Å². The first-order valence-electron chi connectivity index (χ1n) is 7.12. The van der Waals surface area contributed by atoms with Gasteiger partial charge in [-0.1, -0.05) is 29.8 Å². The second-order valence-electron chi connectivity index (χ2n) is 5.55. The normalized spacial score (nSPS) is 14.1. The van der Waals surface area contributed by atoms with E-state index in [4.69, 9.17) is 12.2 Å². The van der Waals surface area contributed by atoms with Gasteiger partial charge in [-0.25, -0.2) is 0 Å². The van der Waals surface area contributed by atoms with Gasteiger partial charge in [0.05, 0.1) is 0 Å². The number of hydrogen-bond donors (Lipinski definition) is 2. The number of aromatic nitrogens is 3. The van der Waals surface area contributed by atoms with E-state index in [-0.39, 0.29) is 12.5 Å². The molecule has 0 bridgehead atoms. The first-order valence-corrected chi connectivity index (χ1v) is 7.53. The molecular weight excluding hydrogens is 284 g/mol. The van der Waals surface area contributed by atoms with E-state index in [1.165, 1.54) is 18.4 Å². The molecule has 2 N–H and O–H groups in total. The Morgan fingerprint density at radius 2 is 2.14 bits per heavy atom. The van der Waals surface area contributed by atoms with Crippen molar-refractivity contribution in [2.24, 2.45) is 5.92 Å². The number of carbonyl (C=O) groups excluding carboxylic acids is 1. The Labute approximate surface area is 128 Å². The van der Waals surface area contributed by atoms with Crippen molar-refractivity contribution < 1.29 is 4.79 Å². The van der Waals surface area contributed by atoms with Crippen molar-refractivity contribution in [2.45, 2.75) is 26.3 Å². The van der Waals surface area contributed by atoms with Crippen LogP contribution in [0, 0.1) is 17.6 Å². The Hall–Kier alpha value is -1.95. The molecular formula is C15H18N4OS. The van der Waals surface area contributed by atoms with Gasteiger partial charge in [0.25, 0.3) is 0 Å². The van der Waals surface area contributed by atoms with Gasteiger partial charge in [-0.05, 0) is 37.9 Å². The third-order valence-corrected chi connectivity index (χ3v) is 3.97. The molecule has 0 atom stereocenters. The first-order chi connectivity index (χ1) is 10.1. The summed E-state index contributed by atoms with van der Waals surface area (Å²) in [5, 5.41) is 9.96. The third kappa shape index (κ3) is 3.39. The minimum Gasteiger partial charge on any atom is -0.354 e. The number of carbonyl (C=O) groups is 1. The number of nitrogens with one attached hydrogen (secondary N) is 2. The summed E-state index contributed by atoms with van der Waals surface area (Å²) in [6, 6.07) is 8.01. The highest BCUT2D eigenvalue weighted by atomic mass is 32.1. The predicted octanol–water partition coefficient (Wildman–Crippen LogP) is 2.44. The maximum absolute atomic E-state index is 12.0. The fourth-order valence-corrected chi connectivity index (χ4v) is 2.36. The highest BCUT2D eigenvalue weighted by molar-refractivity contribution is 7.71. The molecule has 1 heterocycles. The van der Waals surface area contributed by atoms with E-state index >= 15 is 0 Å². The van der Waals surface area contributed by atoms with Crippen LogP contribution in [0.2, 0.25) is 0 Å². The van der Waals surface area contributed by atoms with Crippen LogP contribution in [-0.4, -0.2) is 27.2 Å². The van der Waals surface area contributed by atoms with Gasteiger partial charge in [0.1, 0.15) is 6.54 Å². The Balaban J connectivity index is 1.77. The Morgan fingerprint density at radius 3 is 2.81 bits per heavy atom. The first kappa shape index (κ1) is 14.0. The van der Waals surface area contributed by atoms with Gasteiger partial charge in [-0.2, -0.15) is 5.10 Å². The van der Waals surface area contributed by atoms with Crippen molar-refractivity contribution in [3.05, 3.63) is 34.6 Å². The van der Waals surface area contributed by atoms with Crippen molar-refractivity contribution in [2.75, 3.05) is 6.54 Å². The average molecular weight is 302 g/mol. The number of hydrogen-bond acceptors (Lipinski definition) is 3. The number of H-pyrrole nitrogens is 1. The summed E-state index contributed by atoms with van der Waals surface area (Å²) >= 11 is 5.23. The number of benzene rings is 1. The molecule has 0 aliphatic heterocycles. The highest BCUT2D eigenvalue weighted by Gasteiger charge is 2.22. The quantitative estimate of drug-likeness (QED) is 0.834. The highest BCUT2D eigenvalue weighted by Crippen LogP contribution is 2.27. The number of nitrogens with zero attached hydrogens (tertiary/aromatic N) is 2. The molecule has 2 aromatic rings. The molecule has 0 radical (unpaired) electrons. The van der Waals surface area contributed by atoms with E-state index in [1.807, 2.05) is 31.2 Å². The summed E-state index contributed by atoms with van der Waals surface area (Å²) in [5.74, 6) is 1.34. The second kappa shape index (κ2) is 5.81. The zero-order valence-corrected chi connectivity index (χ0v) is 12.7. The van der Waals surface area contributed by atoms with Gasteiger partial charge in [0.2, 0.25) is 5.91 Å². The Bertz CT molecular complexity index is 697. The molecule has 1 saturated carbocycles. The SMILES string of the molecule is Cc1ccc(-c2n[nH]c(=S)n2CC(=O)NCC2CC2)cc1. The molecule has 0 spiro atoms. The van der Waals surface area contributed by atoms with E-state index in [0.717, 1.165) is 12.1 Å². The fourth-order valence-electron chi connectivity index (χ4n) is 2.17. The van der Waals surface area contributed by atoms with Crippen LogP contribution in [-0.2, 0) is 11.3 Å². The lowest BCUT2D eigenvalue weighted by atomic mass is 10.1. The second-order valence-corrected chi connectivity index (χ2v) is 5.94. The standard InChI is InChI=1S/C15H18N4OS/c1-10-2-6-12(7-3-10)14-17-18-15(21)19(14)9-13(20)16-8-11-4-5-11/h2-3,6-7,11H,4-5,8-9H2,1H3,(H,16,20)(H,18,21). The molecule has 110 valence electrons. The fraction of sp³-hybridized carbons (Fsp3) is 0.400. The molecule has 0 unspecified atom stereocenters. The smallest absolute Gasteiger partial charge is 0.240 e. The van der Waals surface area contributed by atoms with Crippen LogP contribution in [0.1, 0.15) is 18.4 Å². The summed E-state index contributed by atoms with van der Waals surface area (Å²) in [6.07, 6.45) is 2.44. The number of amides is 1. The van der Waals surface area contributed by atoms with Crippen molar-refractivity contribution >= 4 is 18.1 Å². The van der Waals surface area contributed by atoms with Crippen LogP contribution >= 0.6 is 12.2 Å². The monoisotopic (exact) mass is 302 g/mol. The molecule has 6 heteroatoms. The average Bonchev–Trinajstić information content (AvgIpc) is 3.24. The van der Waals surface area contributed by atoms with Gasteiger partial charge in [-0.3, -0.25) is 14.5 Å². The van der Waals surface area contributed by atoms with Crippen LogP contribution in [0.3, 0.4) is 0 Å². The molecule has 0 saturated heterocycles. The van der Waals surface area contributed by atoms with Crippen molar-refractivity contribution in [3.63, 3.8) is 0 Å². The van der Waals surface area contributed by atoms with Crippen LogP contribution in [0.4, 0.5) is 0 Å². The molecule has 1 amide bonds. The lowest BCUT2D eigenvalue weighted by Gasteiger charge is -2.08. The summed E-state index contributed by atoms with van der Waals surface area (Å²) in [6.45, 7) is 3.00. The van der Waals surface area contributed by atoms with Gasteiger partial charge >= 0.3 is 0 Å². The number of aryl methyl sites for hydroxylation is 1. The largest absolute Gasteiger partial charge is 0.354 e. The summed E-state index contributed by atoms with van der Waals surface area (Å²) in [5.41, 5.74) is 2.13.